The maximum absolute atomic E-state index is 6.51. The van der Waals surface area contributed by atoms with Crippen molar-refractivity contribution in [1.29, 1.82) is 0 Å². The van der Waals surface area contributed by atoms with Crippen LogP contribution < -0.4 is 0 Å². The number of rotatable bonds is 26. The van der Waals surface area contributed by atoms with Gasteiger partial charge in [-0.25, -0.2) is 0 Å². The van der Waals surface area contributed by atoms with Gasteiger partial charge in [0.05, 0.1) is 19.8 Å². The van der Waals surface area contributed by atoms with Gasteiger partial charge in [0.15, 0.2) is 0 Å². The van der Waals surface area contributed by atoms with E-state index in [1.165, 1.54) is 182 Å². The third-order valence-corrected chi connectivity index (χ3v) is 13.2. The van der Waals surface area contributed by atoms with E-state index in [2.05, 4.69) is 92.7 Å². The summed E-state index contributed by atoms with van der Waals surface area (Å²) in [7, 11) is 0. The smallest absolute Gasteiger partial charge is 0.106 e. The largest absolute Gasteiger partial charge is 0.374 e. The standard InChI is InChI=1S/C52H78O2/c1-3-5-8-16-43-24-28-45(29-25-43)18-12-14-20-47-32-36-49(37-33-47)40-53-42-52(51-22-10-7-11-23-51)54-41-50-38-34-48(35-39-50)21-15-13-19-46-30-26-44(27-31-46)17-9-6-4-2/h7,10-11,22-23,32-39,43-46,52H,3-6,8-9,12-21,24-31,40-42H2,1-2H3/t43?,44?,45?,46?,52-/m0/s1. The van der Waals surface area contributed by atoms with Crippen molar-refractivity contribution in [2.45, 2.75) is 187 Å². The zero-order chi connectivity index (χ0) is 37.5. The maximum Gasteiger partial charge on any atom is 0.106 e. The second-order valence-electron chi connectivity index (χ2n) is 17.6. The van der Waals surface area contributed by atoms with Crippen LogP contribution in [0.5, 0.6) is 0 Å². The van der Waals surface area contributed by atoms with Crippen LogP contribution in [0.15, 0.2) is 78.9 Å². The second kappa shape index (κ2) is 25.7. The Labute approximate surface area is 332 Å². The lowest BCUT2D eigenvalue weighted by atomic mass is 9.78. The van der Waals surface area contributed by atoms with E-state index in [1.54, 1.807) is 0 Å². The lowest BCUT2D eigenvalue weighted by molar-refractivity contribution is -0.0313. The van der Waals surface area contributed by atoms with Crippen LogP contribution in [0.4, 0.5) is 0 Å². The lowest BCUT2D eigenvalue weighted by Gasteiger charge is -2.28. The Hall–Kier alpha value is -2.42. The zero-order valence-electron chi connectivity index (χ0n) is 34.8. The minimum Gasteiger partial charge on any atom is -0.374 e. The van der Waals surface area contributed by atoms with Crippen LogP contribution in [-0.4, -0.2) is 6.61 Å². The highest BCUT2D eigenvalue weighted by Crippen LogP contribution is 2.36. The summed E-state index contributed by atoms with van der Waals surface area (Å²) in [6.07, 6.45) is 33.8. The van der Waals surface area contributed by atoms with Gasteiger partial charge in [0.25, 0.3) is 0 Å². The van der Waals surface area contributed by atoms with Gasteiger partial charge in [-0.2, -0.15) is 0 Å². The summed E-state index contributed by atoms with van der Waals surface area (Å²) in [5, 5.41) is 0. The van der Waals surface area contributed by atoms with Gasteiger partial charge in [0, 0.05) is 0 Å². The molecule has 0 radical (unpaired) electrons. The Balaban J connectivity index is 0.947. The summed E-state index contributed by atoms with van der Waals surface area (Å²) >= 11 is 0. The molecule has 3 aromatic carbocycles. The predicted octanol–water partition coefficient (Wildman–Crippen LogP) is 15.4. The Morgan fingerprint density at radius 1 is 0.444 bits per heavy atom. The fourth-order valence-electron chi connectivity index (χ4n) is 9.50. The monoisotopic (exact) mass is 735 g/mol. The molecule has 298 valence electrons. The summed E-state index contributed by atoms with van der Waals surface area (Å²) in [5.74, 6) is 4.02. The summed E-state index contributed by atoms with van der Waals surface area (Å²) in [6, 6.07) is 28.9. The molecule has 0 bridgehead atoms. The van der Waals surface area contributed by atoms with Crippen LogP contribution >= 0.6 is 0 Å². The average molecular weight is 735 g/mol. The molecule has 0 aliphatic heterocycles. The van der Waals surface area contributed by atoms with Crippen LogP contribution in [0.3, 0.4) is 0 Å². The Bertz CT molecular complexity index is 1330. The molecule has 2 fully saturated rings. The van der Waals surface area contributed by atoms with Crippen molar-refractivity contribution in [3.05, 3.63) is 107 Å². The van der Waals surface area contributed by atoms with Gasteiger partial charge in [0.1, 0.15) is 6.10 Å². The quantitative estimate of drug-likeness (QED) is 0.0765. The summed E-state index contributed by atoms with van der Waals surface area (Å²) in [6.45, 7) is 6.40. The molecule has 2 nitrogen and oxygen atoms in total. The minimum absolute atomic E-state index is 0.0901. The van der Waals surface area contributed by atoms with Crippen LogP contribution in [0.1, 0.15) is 189 Å². The fraction of sp³-hybridized carbons (Fsp3) is 0.654. The van der Waals surface area contributed by atoms with Crippen LogP contribution in [0.2, 0.25) is 0 Å². The first-order valence-corrected chi connectivity index (χ1v) is 23.1. The molecular weight excluding hydrogens is 657 g/mol. The molecule has 0 N–H and O–H groups in total. The molecule has 0 spiro atoms. The summed E-state index contributed by atoms with van der Waals surface area (Å²) < 4.78 is 12.8. The van der Waals surface area contributed by atoms with E-state index in [9.17, 15) is 0 Å². The highest BCUT2D eigenvalue weighted by Gasteiger charge is 2.21. The number of unbranched alkanes of at least 4 members (excludes halogenated alkanes) is 6. The Morgan fingerprint density at radius 3 is 1.26 bits per heavy atom. The molecule has 54 heavy (non-hydrogen) atoms. The van der Waals surface area contributed by atoms with E-state index in [4.69, 9.17) is 9.47 Å². The molecule has 2 heteroatoms. The van der Waals surface area contributed by atoms with Crippen molar-refractivity contribution in [3.8, 4) is 0 Å². The molecule has 0 unspecified atom stereocenters. The first-order valence-electron chi connectivity index (χ1n) is 23.1. The van der Waals surface area contributed by atoms with Crippen molar-refractivity contribution in [3.63, 3.8) is 0 Å². The van der Waals surface area contributed by atoms with E-state index in [1.807, 2.05) is 0 Å². The normalized spacial score (nSPS) is 20.9. The minimum atomic E-state index is -0.0901. The van der Waals surface area contributed by atoms with Crippen molar-refractivity contribution in [2.24, 2.45) is 23.7 Å². The van der Waals surface area contributed by atoms with E-state index in [-0.39, 0.29) is 6.10 Å². The third-order valence-electron chi connectivity index (χ3n) is 13.2. The van der Waals surface area contributed by atoms with E-state index in [0.717, 1.165) is 23.7 Å². The molecule has 1 atom stereocenters. The second-order valence-corrected chi connectivity index (χ2v) is 17.6. The topological polar surface area (TPSA) is 18.5 Å². The first-order chi connectivity index (χ1) is 26.7. The van der Waals surface area contributed by atoms with Crippen molar-refractivity contribution >= 4 is 0 Å². The first kappa shape index (κ1) is 42.7. The van der Waals surface area contributed by atoms with E-state index in [0.29, 0.717) is 19.8 Å². The molecule has 0 amide bonds. The number of ether oxygens (including phenoxy) is 2. The van der Waals surface area contributed by atoms with Gasteiger partial charge < -0.3 is 9.47 Å². The molecule has 0 saturated heterocycles. The SMILES string of the molecule is CCCCCC1CCC(CCCCc2ccc(COC[C@H](OCc3ccc(CCCCC4CCC(CCCCC)CC4)cc3)c3ccccc3)cc2)CC1. The highest BCUT2D eigenvalue weighted by atomic mass is 16.5. The van der Waals surface area contributed by atoms with Crippen molar-refractivity contribution in [2.75, 3.05) is 6.61 Å². The highest BCUT2D eigenvalue weighted by molar-refractivity contribution is 5.24. The van der Waals surface area contributed by atoms with E-state index >= 15 is 0 Å². The van der Waals surface area contributed by atoms with Gasteiger partial charge in [-0.3, -0.25) is 0 Å². The molecular formula is C52H78O2. The van der Waals surface area contributed by atoms with Crippen LogP contribution in [0.25, 0.3) is 0 Å². The molecule has 3 aromatic rings. The molecule has 2 aliphatic carbocycles. The van der Waals surface area contributed by atoms with Crippen LogP contribution in [0, 0.1) is 23.7 Å². The average Bonchev–Trinajstić information content (AvgIpc) is 3.22. The van der Waals surface area contributed by atoms with Crippen LogP contribution in [-0.2, 0) is 35.5 Å². The molecule has 2 saturated carbocycles. The number of hydrogen-bond donors (Lipinski definition) is 0. The summed E-state index contributed by atoms with van der Waals surface area (Å²) in [4.78, 5) is 0. The zero-order valence-corrected chi connectivity index (χ0v) is 34.8. The van der Waals surface area contributed by atoms with Gasteiger partial charge in [-0.1, -0.05) is 221 Å². The third kappa shape index (κ3) is 16.4. The number of hydrogen-bond acceptors (Lipinski definition) is 2. The molecule has 2 aliphatic rings. The number of benzene rings is 3. The predicted molar refractivity (Wildman–Crippen MR) is 231 cm³/mol. The van der Waals surface area contributed by atoms with Crippen molar-refractivity contribution in [1.82, 2.24) is 0 Å². The van der Waals surface area contributed by atoms with Gasteiger partial charge in [0.2, 0.25) is 0 Å². The molecule has 5 rings (SSSR count). The number of aryl methyl sites for hydroxylation is 2. The Kier molecular flexibility index (Phi) is 20.3. The lowest BCUT2D eigenvalue weighted by Crippen LogP contribution is -2.14. The summed E-state index contributed by atoms with van der Waals surface area (Å²) in [5.41, 5.74) is 6.56. The fourth-order valence-corrected chi connectivity index (χ4v) is 9.50. The van der Waals surface area contributed by atoms with Gasteiger partial charge in [-0.15, -0.1) is 0 Å². The molecule has 0 heterocycles. The molecule has 0 aromatic heterocycles. The Morgan fingerprint density at radius 2 is 0.833 bits per heavy atom. The van der Waals surface area contributed by atoms with Gasteiger partial charge >= 0.3 is 0 Å². The van der Waals surface area contributed by atoms with Crippen molar-refractivity contribution < 1.29 is 9.47 Å². The van der Waals surface area contributed by atoms with Gasteiger partial charge in [-0.05, 0) is 77.2 Å². The van der Waals surface area contributed by atoms with E-state index < -0.39 is 0 Å². The maximum atomic E-state index is 6.51.